The zero-order valence-electron chi connectivity index (χ0n) is 17.8. The third kappa shape index (κ3) is 6.08. The summed E-state index contributed by atoms with van der Waals surface area (Å²) >= 11 is 20.4. The van der Waals surface area contributed by atoms with Crippen LogP contribution in [-0.2, 0) is 11.3 Å². The van der Waals surface area contributed by atoms with Crippen molar-refractivity contribution in [2.75, 3.05) is 0 Å². The number of rotatable bonds is 6. The maximum atomic E-state index is 12.6. The van der Waals surface area contributed by atoms with Crippen molar-refractivity contribution in [2.24, 2.45) is 5.92 Å². The van der Waals surface area contributed by atoms with Crippen LogP contribution in [0.2, 0.25) is 15.1 Å². The van der Waals surface area contributed by atoms with E-state index in [0.29, 0.717) is 34.0 Å². The first-order valence-electron chi connectivity index (χ1n) is 11.1. The lowest BCUT2D eigenvalue weighted by Gasteiger charge is -2.13. The van der Waals surface area contributed by atoms with E-state index < -0.39 is 0 Å². The van der Waals surface area contributed by atoms with Gasteiger partial charge in [-0.05, 0) is 54.7 Å². The van der Waals surface area contributed by atoms with Crippen molar-refractivity contribution >= 4 is 52.0 Å². The van der Waals surface area contributed by atoms with Crippen LogP contribution in [-0.4, -0.2) is 5.91 Å². The molecule has 6 heteroatoms. The SMILES string of the molecule is O=C(CC1CCCCCC1)NCc1cc(-c2ccc(Cl)cc2)c(-c2ccc(Cl)cc2Cl)s1. The molecule has 3 aromatic rings. The summed E-state index contributed by atoms with van der Waals surface area (Å²) < 4.78 is 0. The molecule has 0 atom stereocenters. The maximum absolute atomic E-state index is 12.6. The maximum Gasteiger partial charge on any atom is 0.220 e. The van der Waals surface area contributed by atoms with E-state index in [-0.39, 0.29) is 5.91 Å². The van der Waals surface area contributed by atoms with Crippen molar-refractivity contribution in [2.45, 2.75) is 51.5 Å². The third-order valence-electron chi connectivity index (χ3n) is 6.02. The Bertz CT molecular complexity index is 1070. The normalized spacial score (nSPS) is 14.8. The zero-order chi connectivity index (χ0) is 22.5. The summed E-state index contributed by atoms with van der Waals surface area (Å²) in [5.74, 6) is 0.665. The van der Waals surface area contributed by atoms with Crippen LogP contribution in [0.4, 0.5) is 0 Å². The van der Waals surface area contributed by atoms with Crippen molar-refractivity contribution in [3.8, 4) is 21.6 Å². The van der Waals surface area contributed by atoms with Crippen molar-refractivity contribution in [1.82, 2.24) is 5.32 Å². The lowest BCUT2D eigenvalue weighted by molar-refractivity contribution is -0.122. The smallest absolute Gasteiger partial charge is 0.220 e. The number of carbonyl (C=O) groups is 1. The van der Waals surface area contributed by atoms with Gasteiger partial charge in [0.15, 0.2) is 0 Å². The van der Waals surface area contributed by atoms with Gasteiger partial charge in [0.05, 0.1) is 11.6 Å². The Labute approximate surface area is 208 Å². The highest BCUT2D eigenvalue weighted by atomic mass is 35.5. The third-order valence-corrected chi connectivity index (χ3v) is 7.99. The minimum Gasteiger partial charge on any atom is -0.351 e. The molecular weight excluding hydrogens is 481 g/mol. The second-order valence-corrected chi connectivity index (χ2v) is 10.8. The van der Waals surface area contributed by atoms with Gasteiger partial charge in [-0.15, -0.1) is 11.3 Å². The Hall–Kier alpha value is -1.52. The van der Waals surface area contributed by atoms with Gasteiger partial charge >= 0.3 is 0 Å². The second kappa shape index (κ2) is 11.1. The highest BCUT2D eigenvalue weighted by molar-refractivity contribution is 7.16. The highest BCUT2D eigenvalue weighted by Crippen LogP contribution is 2.43. The Morgan fingerprint density at radius 1 is 0.875 bits per heavy atom. The number of amides is 1. The van der Waals surface area contributed by atoms with Crippen LogP contribution in [0.5, 0.6) is 0 Å². The van der Waals surface area contributed by atoms with E-state index in [0.717, 1.165) is 26.4 Å². The molecule has 1 aliphatic rings. The number of carbonyl (C=O) groups excluding carboxylic acids is 1. The van der Waals surface area contributed by atoms with Crippen LogP contribution >= 0.6 is 46.1 Å². The fourth-order valence-electron chi connectivity index (χ4n) is 4.33. The number of hydrogen-bond donors (Lipinski definition) is 1. The Morgan fingerprint density at radius 2 is 1.56 bits per heavy atom. The summed E-state index contributed by atoms with van der Waals surface area (Å²) in [6.07, 6.45) is 8.08. The molecule has 1 heterocycles. The molecule has 32 heavy (non-hydrogen) atoms. The first-order chi connectivity index (χ1) is 15.5. The van der Waals surface area contributed by atoms with E-state index in [1.165, 1.54) is 38.5 Å². The molecule has 0 spiro atoms. The van der Waals surface area contributed by atoms with Crippen LogP contribution in [0, 0.1) is 5.92 Å². The lowest BCUT2D eigenvalue weighted by atomic mass is 9.96. The standard InChI is InChI=1S/C26H26Cl3NOS/c27-19-9-7-18(8-10-19)23-15-21(32-26(23)22-12-11-20(28)14-24(22)29)16-30-25(31)13-17-5-3-1-2-4-6-17/h7-12,14-15,17H,1-6,13,16H2,(H,30,31). The minimum absolute atomic E-state index is 0.143. The van der Waals surface area contributed by atoms with E-state index >= 15 is 0 Å². The Balaban J connectivity index is 1.55. The molecule has 0 aliphatic heterocycles. The fourth-order valence-corrected chi connectivity index (χ4v) is 6.18. The number of nitrogens with one attached hydrogen (secondary N) is 1. The lowest BCUT2D eigenvalue weighted by Crippen LogP contribution is -2.24. The molecule has 1 aliphatic carbocycles. The zero-order valence-corrected chi connectivity index (χ0v) is 20.9. The molecule has 2 aromatic carbocycles. The second-order valence-electron chi connectivity index (χ2n) is 8.43. The molecule has 1 N–H and O–H groups in total. The van der Waals surface area contributed by atoms with Crippen LogP contribution in [0.15, 0.2) is 48.5 Å². The molecule has 1 fully saturated rings. The summed E-state index contributed by atoms with van der Waals surface area (Å²) in [6, 6.07) is 15.5. The van der Waals surface area contributed by atoms with E-state index in [1.807, 2.05) is 36.4 Å². The first-order valence-corrected chi connectivity index (χ1v) is 13.1. The van der Waals surface area contributed by atoms with Crippen LogP contribution in [0.3, 0.4) is 0 Å². The fraction of sp³-hybridized carbons (Fsp3) is 0.346. The summed E-state index contributed by atoms with van der Waals surface area (Å²) in [4.78, 5) is 14.7. The molecule has 4 rings (SSSR count). The van der Waals surface area contributed by atoms with Gasteiger partial charge in [0.25, 0.3) is 0 Å². The van der Waals surface area contributed by atoms with Gasteiger partial charge in [-0.3, -0.25) is 4.79 Å². The topological polar surface area (TPSA) is 29.1 Å². The minimum atomic E-state index is 0.143. The molecule has 0 unspecified atom stereocenters. The number of thiophene rings is 1. The van der Waals surface area contributed by atoms with Gasteiger partial charge in [0.2, 0.25) is 5.91 Å². The number of halogens is 3. The van der Waals surface area contributed by atoms with E-state index in [1.54, 1.807) is 17.4 Å². The Morgan fingerprint density at radius 3 is 2.25 bits per heavy atom. The predicted molar refractivity (Wildman–Crippen MR) is 138 cm³/mol. The summed E-state index contributed by atoms with van der Waals surface area (Å²) in [6.45, 7) is 0.516. The molecule has 2 nitrogen and oxygen atoms in total. The summed E-state index contributed by atoms with van der Waals surface area (Å²) in [5.41, 5.74) is 3.06. The monoisotopic (exact) mass is 505 g/mol. The molecule has 0 saturated heterocycles. The van der Waals surface area contributed by atoms with Crippen LogP contribution in [0.1, 0.15) is 49.8 Å². The van der Waals surface area contributed by atoms with Crippen LogP contribution in [0.25, 0.3) is 21.6 Å². The molecule has 0 bridgehead atoms. The van der Waals surface area contributed by atoms with Crippen molar-refractivity contribution in [3.63, 3.8) is 0 Å². The summed E-state index contributed by atoms with van der Waals surface area (Å²) in [5, 5.41) is 5.05. The van der Waals surface area contributed by atoms with Gasteiger partial charge in [0.1, 0.15) is 0 Å². The molecule has 1 saturated carbocycles. The number of benzene rings is 2. The molecule has 0 radical (unpaired) electrons. The average Bonchev–Trinajstić information content (AvgIpc) is 3.01. The molecular formula is C26H26Cl3NOS. The van der Waals surface area contributed by atoms with Crippen molar-refractivity contribution in [1.29, 1.82) is 0 Å². The number of hydrogen-bond acceptors (Lipinski definition) is 2. The van der Waals surface area contributed by atoms with Crippen LogP contribution < -0.4 is 5.32 Å². The largest absolute Gasteiger partial charge is 0.351 e. The van der Waals surface area contributed by atoms with Crippen molar-refractivity contribution < 1.29 is 4.79 Å². The highest BCUT2D eigenvalue weighted by Gasteiger charge is 2.18. The van der Waals surface area contributed by atoms with Gasteiger partial charge in [-0.25, -0.2) is 0 Å². The first kappa shape index (κ1) is 23.6. The van der Waals surface area contributed by atoms with Gasteiger partial charge in [-0.2, -0.15) is 0 Å². The van der Waals surface area contributed by atoms with Crippen molar-refractivity contribution in [3.05, 3.63) is 68.5 Å². The quantitative estimate of drug-likeness (QED) is 0.332. The Kier molecular flexibility index (Phi) is 8.17. The molecule has 168 valence electrons. The summed E-state index contributed by atoms with van der Waals surface area (Å²) in [7, 11) is 0. The molecule has 1 aromatic heterocycles. The van der Waals surface area contributed by atoms with E-state index in [2.05, 4.69) is 11.4 Å². The predicted octanol–water partition coefficient (Wildman–Crippen LogP) is 9.02. The van der Waals surface area contributed by atoms with Gasteiger partial charge in [-0.1, -0.05) is 78.7 Å². The molecule has 1 amide bonds. The van der Waals surface area contributed by atoms with Gasteiger partial charge < -0.3 is 5.32 Å². The average molecular weight is 507 g/mol. The van der Waals surface area contributed by atoms with Gasteiger partial charge in [0, 0.05) is 37.3 Å². The van der Waals surface area contributed by atoms with E-state index in [9.17, 15) is 4.79 Å². The van der Waals surface area contributed by atoms with E-state index in [4.69, 9.17) is 34.8 Å².